The van der Waals surface area contributed by atoms with Crippen molar-refractivity contribution < 1.29 is 13.2 Å². The lowest BCUT2D eigenvalue weighted by molar-refractivity contribution is -0.114. The van der Waals surface area contributed by atoms with Crippen LogP contribution in [0.2, 0.25) is 0 Å². The van der Waals surface area contributed by atoms with E-state index in [1.165, 1.54) is 6.92 Å². The number of nitrogens with one attached hydrogen (secondary N) is 2. The van der Waals surface area contributed by atoms with E-state index in [4.69, 9.17) is 0 Å². The standard InChI is InChI=1S/C13H16N4O3S2/c1-8-4-6-11(7-5-8)9(2)17-22(19,20)13-16-15-12(21-13)14-10(3)18/h4-7,9,17H,1-3H3,(H,14,15,18). The molecule has 1 amide bonds. The first-order valence-electron chi connectivity index (χ1n) is 6.48. The number of carbonyl (C=O) groups excluding carboxylic acids is 1. The number of nitrogens with zero attached hydrogens (tertiary/aromatic N) is 2. The molecule has 0 bridgehead atoms. The quantitative estimate of drug-likeness (QED) is 0.809. The molecule has 2 rings (SSSR count). The minimum atomic E-state index is -3.79. The fraction of sp³-hybridized carbons (Fsp3) is 0.308. The van der Waals surface area contributed by atoms with Gasteiger partial charge in [-0.15, -0.1) is 10.2 Å². The first-order chi connectivity index (χ1) is 10.3. The van der Waals surface area contributed by atoms with Crippen molar-refractivity contribution >= 4 is 32.4 Å². The lowest BCUT2D eigenvalue weighted by Crippen LogP contribution is -2.26. The van der Waals surface area contributed by atoms with Crippen molar-refractivity contribution in [1.82, 2.24) is 14.9 Å². The Morgan fingerprint density at radius 2 is 1.86 bits per heavy atom. The molecule has 0 saturated heterocycles. The van der Waals surface area contributed by atoms with Crippen molar-refractivity contribution in [3.8, 4) is 0 Å². The molecule has 0 radical (unpaired) electrons. The van der Waals surface area contributed by atoms with Crippen molar-refractivity contribution in [2.45, 2.75) is 31.2 Å². The van der Waals surface area contributed by atoms with Gasteiger partial charge in [0.25, 0.3) is 10.0 Å². The Bertz CT molecular complexity index is 769. The average molecular weight is 340 g/mol. The smallest absolute Gasteiger partial charge is 0.270 e. The first kappa shape index (κ1) is 16.5. The number of hydrogen-bond acceptors (Lipinski definition) is 6. The number of amides is 1. The van der Waals surface area contributed by atoms with Crippen LogP contribution in [0.25, 0.3) is 0 Å². The summed E-state index contributed by atoms with van der Waals surface area (Å²) in [5, 5.41) is 9.79. The van der Waals surface area contributed by atoms with Gasteiger partial charge in [0.2, 0.25) is 15.4 Å². The summed E-state index contributed by atoms with van der Waals surface area (Å²) < 4.78 is 26.9. The summed E-state index contributed by atoms with van der Waals surface area (Å²) >= 11 is 0.803. The molecule has 1 aromatic carbocycles. The van der Waals surface area contributed by atoms with Gasteiger partial charge in [-0.05, 0) is 19.4 Å². The van der Waals surface area contributed by atoms with E-state index in [2.05, 4.69) is 20.2 Å². The van der Waals surface area contributed by atoms with Gasteiger partial charge in [0.15, 0.2) is 0 Å². The third kappa shape index (κ3) is 4.09. The Balaban J connectivity index is 2.14. The highest BCUT2D eigenvalue weighted by atomic mass is 32.2. The first-order valence-corrected chi connectivity index (χ1v) is 8.78. The summed E-state index contributed by atoms with van der Waals surface area (Å²) in [5.74, 6) is -0.332. The molecule has 7 nitrogen and oxygen atoms in total. The van der Waals surface area contributed by atoms with Crippen LogP contribution in [0.1, 0.15) is 31.0 Å². The monoisotopic (exact) mass is 340 g/mol. The Morgan fingerprint density at radius 3 is 2.45 bits per heavy atom. The lowest BCUT2D eigenvalue weighted by atomic mass is 10.1. The minimum absolute atomic E-state index is 0.149. The summed E-state index contributed by atoms with van der Waals surface area (Å²) in [6, 6.07) is 7.16. The van der Waals surface area contributed by atoms with Gasteiger partial charge in [-0.2, -0.15) is 0 Å². The fourth-order valence-corrected chi connectivity index (χ4v) is 3.92. The van der Waals surface area contributed by atoms with Crippen molar-refractivity contribution in [3.63, 3.8) is 0 Å². The van der Waals surface area contributed by atoms with Crippen LogP contribution in [0.4, 0.5) is 5.13 Å². The van der Waals surface area contributed by atoms with E-state index >= 15 is 0 Å². The molecule has 0 spiro atoms. The second-order valence-corrected chi connectivity index (χ2v) is 7.67. The van der Waals surface area contributed by atoms with Gasteiger partial charge < -0.3 is 5.32 Å². The number of anilines is 1. The fourth-order valence-electron chi connectivity index (χ4n) is 1.73. The molecule has 118 valence electrons. The summed E-state index contributed by atoms with van der Waals surface area (Å²) in [6.45, 7) is 5.02. The number of carbonyl (C=O) groups is 1. The third-order valence-electron chi connectivity index (χ3n) is 2.83. The molecular formula is C13H16N4O3S2. The van der Waals surface area contributed by atoms with Crippen LogP contribution in [0, 0.1) is 6.92 Å². The molecule has 0 saturated carbocycles. The van der Waals surface area contributed by atoms with Gasteiger partial charge in [-0.3, -0.25) is 4.79 Å². The maximum Gasteiger partial charge on any atom is 0.270 e. The second kappa shape index (κ2) is 6.51. The zero-order valence-corrected chi connectivity index (χ0v) is 14.0. The maximum absolute atomic E-state index is 12.3. The van der Waals surface area contributed by atoms with Crippen LogP contribution in [-0.4, -0.2) is 24.5 Å². The topological polar surface area (TPSA) is 101 Å². The Kier molecular flexibility index (Phi) is 4.89. The highest BCUT2D eigenvalue weighted by Crippen LogP contribution is 2.22. The van der Waals surface area contributed by atoms with E-state index in [1.54, 1.807) is 6.92 Å². The zero-order valence-electron chi connectivity index (χ0n) is 12.3. The van der Waals surface area contributed by atoms with Crippen LogP contribution in [0.3, 0.4) is 0 Å². The van der Waals surface area contributed by atoms with E-state index in [0.717, 1.165) is 22.5 Å². The van der Waals surface area contributed by atoms with E-state index in [-0.39, 0.29) is 15.4 Å². The Labute approximate surface area is 132 Å². The zero-order chi connectivity index (χ0) is 16.3. The SMILES string of the molecule is CC(=O)Nc1nnc(S(=O)(=O)NC(C)c2ccc(C)cc2)s1. The molecule has 0 aliphatic rings. The van der Waals surface area contributed by atoms with Gasteiger partial charge in [-0.1, -0.05) is 41.2 Å². The van der Waals surface area contributed by atoms with Crippen LogP contribution in [-0.2, 0) is 14.8 Å². The van der Waals surface area contributed by atoms with E-state index in [0.29, 0.717) is 0 Å². The highest BCUT2D eigenvalue weighted by molar-refractivity contribution is 7.91. The van der Waals surface area contributed by atoms with Crippen LogP contribution < -0.4 is 10.0 Å². The second-order valence-electron chi connectivity index (χ2n) is 4.81. The molecule has 9 heteroatoms. The van der Waals surface area contributed by atoms with Crippen molar-refractivity contribution in [3.05, 3.63) is 35.4 Å². The predicted octanol–water partition coefficient (Wildman–Crippen LogP) is 1.84. The average Bonchev–Trinajstić information content (AvgIpc) is 2.87. The Hall–Kier alpha value is -1.84. The molecule has 0 aliphatic heterocycles. The maximum atomic E-state index is 12.3. The molecule has 1 atom stereocenters. The summed E-state index contributed by atoms with van der Waals surface area (Å²) in [7, 11) is -3.79. The van der Waals surface area contributed by atoms with Gasteiger partial charge in [0.1, 0.15) is 0 Å². The van der Waals surface area contributed by atoms with Gasteiger partial charge in [0.05, 0.1) is 0 Å². The molecule has 1 heterocycles. The van der Waals surface area contributed by atoms with Crippen molar-refractivity contribution in [2.75, 3.05) is 5.32 Å². The number of hydrogen-bond donors (Lipinski definition) is 2. The normalized spacial score (nSPS) is 12.9. The van der Waals surface area contributed by atoms with Crippen LogP contribution in [0.5, 0.6) is 0 Å². The third-order valence-corrected chi connectivity index (χ3v) is 5.58. The van der Waals surface area contributed by atoms with E-state index < -0.39 is 16.1 Å². The molecule has 2 aromatic rings. The van der Waals surface area contributed by atoms with E-state index in [9.17, 15) is 13.2 Å². The van der Waals surface area contributed by atoms with Crippen LogP contribution >= 0.6 is 11.3 Å². The molecule has 1 unspecified atom stereocenters. The molecule has 0 fully saturated rings. The Morgan fingerprint density at radius 1 is 1.23 bits per heavy atom. The minimum Gasteiger partial charge on any atom is -0.301 e. The molecule has 2 N–H and O–H groups in total. The summed E-state index contributed by atoms with van der Waals surface area (Å²) in [5.41, 5.74) is 1.95. The summed E-state index contributed by atoms with van der Waals surface area (Å²) in [6.07, 6.45) is 0. The largest absolute Gasteiger partial charge is 0.301 e. The molecule has 0 aliphatic carbocycles. The van der Waals surface area contributed by atoms with Crippen molar-refractivity contribution in [2.24, 2.45) is 0 Å². The molecule has 1 aromatic heterocycles. The number of sulfonamides is 1. The molecule has 22 heavy (non-hydrogen) atoms. The van der Waals surface area contributed by atoms with Gasteiger partial charge >= 0.3 is 0 Å². The number of aromatic nitrogens is 2. The number of benzene rings is 1. The predicted molar refractivity (Wildman–Crippen MR) is 84.1 cm³/mol. The summed E-state index contributed by atoms with van der Waals surface area (Å²) in [4.78, 5) is 10.9. The lowest BCUT2D eigenvalue weighted by Gasteiger charge is -2.13. The van der Waals surface area contributed by atoms with Crippen LogP contribution in [0.15, 0.2) is 28.6 Å². The molecular weight excluding hydrogens is 324 g/mol. The van der Waals surface area contributed by atoms with Gasteiger partial charge in [-0.25, -0.2) is 13.1 Å². The van der Waals surface area contributed by atoms with E-state index in [1.807, 2.05) is 31.2 Å². The number of aryl methyl sites for hydroxylation is 1. The highest BCUT2D eigenvalue weighted by Gasteiger charge is 2.23. The number of rotatable bonds is 5. The van der Waals surface area contributed by atoms with Gasteiger partial charge in [0, 0.05) is 13.0 Å². The van der Waals surface area contributed by atoms with Crippen molar-refractivity contribution in [1.29, 1.82) is 0 Å².